The van der Waals surface area contributed by atoms with Crippen molar-refractivity contribution in [2.24, 2.45) is 5.73 Å². The molecule has 2 amide bonds. The SMILES string of the molecule is NC(=O)CNC(=O)c1ccccc1SC(F)(F)F. The number of hydrogen-bond donors (Lipinski definition) is 2. The van der Waals surface area contributed by atoms with Crippen LogP contribution >= 0.6 is 11.8 Å². The molecule has 1 aromatic carbocycles. The van der Waals surface area contributed by atoms with Crippen molar-refractivity contribution in [3.05, 3.63) is 29.8 Å². The summed E-state index contributed by atoms with van der Waals surface area (Å²) < 4.78 is 36.8. The molecule has 4 nitrogen and oxygen atoms in total. The van der Waals surface area contributed by atoms with Gasteiger partial charge in [0, 0.05) is 4.90 Å². The molecule has 98 valence electrons. The summed E-state index contributed by atoms with van der Waals surface area (Å²) in [5.74, 6) is -1.55. The van der Waals surface area contributed by atoms with Gasteiger partial charge in [0.05, 0.1) is 12.1 Å². The van der Waals surface area contributed by atoms with Gasteiger partial charge in [-0.2, -0.15) is 13.2 Å². The van der Waals surface area contributed by atoms with Gasteiger partial charge in [0.2, 0.25) is 5.91 Å². The average molecular weight is 278 g/mol. The lowest BCUT2D eigenvalue weighted by Gasteiger charge is -2.10. The largest absolute Gasteiger partial charge is 0.446 e. The van der Waals surface area contributed by atoms with Crippen LogP contribution in [0.3, 0.4) is 0 Å². The zero-order valence-electron chi connectivity index (χ0n) is 8.95. The quantitative estimate of drug-likeness (QED) is 0.820. The zero-order valence-corrected chi connectivity index (χ0v) is 9.77. The molecule has 0 fully saturated rings. The van der Waals surface area contributed by atoms with E-state index in [1.54, 1.807) is 0 Å². The summed E-state index contributed by atoms with van der Waals surface area (Å²) in [6, 6.07) is 5.24. The predicted octanol–water partition coefficient (Wildman–Crippen LogP) is 1.51. The van der Waals surface area contributed by atoms with Gasteiger partial charge in [0.1, 0.15) is 0 Å². The summed E-state index contributed by atoms with van der Waals surface area (Å²) in [6.07, 6.45) is 0. The topological polar surface area (TPSA) is 72.2 Å². The monoisotopic (exact) mass is 278 g/mol. The number of hydrogen-bond acceptors (Lipinski definition) is 3. The number of nitrogens with two attached hydrogens (primary N) is 1. The fourth-order valence-corrected chi connectivity index (χ4v) is 1.80. The maximum Gasteiger partial charge on any atom is 0.446 e. The van der Waals surface area contributed by atoms with Crippen molar-refractivity contribution < 1.29 is 22.8 Å². The Hall–Kier alpha value is -1.70. The van der Waals surface area contributed by atoms with Crippen LogP contribution < -0.4 is 11.1 Å². The molecule has 1 aromatic rings. The number of carbonyl (C=O) groups excluding carboxylic acids is 2. The Labute approximate surface area is 105 Å². The highest BCUT2D eigenvalue weighted by atomic mass is 32.2. The van der Waals surface area contributed by atoms with Crippen LogP contribution in [0.5, 0.6) is 0 Å². The highest BCUT2D eigenvalue weighted by molar-refractivity contribution is 8.00. The van der Waals surface area contributed by atoms with Gasteiger partial charge in [-0.15, -0.1) is 0 Å². The van der Waals surface area contributed by atoms with Gasteiger partial charge in [-0.1, -0.05) is 12.1 Å². The molecular formula is C10H9F3N2O2S. The second-order valence-electron chi connectivity index (χ2n) is 3.19. The number of halogens is 3. The van der Waals surface area contributed by atoms with Crippen LogP contribution in [0.15, 0.2) is 29.2 Å². The van der Waals surface area contributed by atoms with E-state index in [2.05, 4.69) is 5.32 Å². The molecule has 0 atom stereocenters. The van der Waals surface area contributed by atoms with Gasteiger partial charge in [-0.25, -0.2) is 0 Å². The first-order valence-corrected chi connectivity index (χ1v) is 5.52. The molecule has 0 aromatic heterocycles. The van der Waals surface area contributed by atoms with Crippen molar-refractivity contribution in [3.8, 4) is 0 Å². The maximum absolute atomic E-state index is 12.3. The van der Waals surface area contributed by atoms with Crippen LogP contribution in [0.2, 0.25) is 0 Å². The van der Waals surface area contributed by atoms with E-state index in [-0.39, 0.29) is 22.2 Å². The van der Waals surface area contributed by atoms with E-state index in [0.29, 0.717) is 0 Å². The van der Waals surface area contributed by atoms with Crippen LogP contribution in [0.25, 0.3) is 0 Å². The number of amides is 2. The van der Waals surface area contributed by atoms with Crippen LogP contribution in [-0.4, -0.2) is 23.9 Å². The molecule has 18 heavy (non-hydrogen) atoms. The van der Waals surface area contributed by atoms with Gasteiger partial charge >= 0.3 is 5.51 Å². The van der Waals surface area contributed by atoms with E-state index < -0.39 is 23.9 Å². The van der Waals surface area contributed by atoms with Gasteiger partial charge in [0.15, 0.2) is 0 Å². The molecule has 0 aliphatic carbocycles. The third kappa shape index (κ3) is 4.66. The highest BCUT2D eigenvalue weighted by Gasteiger charge is 2.31. The zero-order chi connectivity index (χ0) is 13.8. The van der Waals surface area contributed by atoms with E-state index >= 15 is 0 Å². The summed E-state index contributed by atoms with van der Waals surface area (Å²) in [5, 5.41) is 2.13. The maximum atomic E-state index is 12.3. The average Bonchev–Trinajstić information content (AvgIpc) is 2.24. The molecule has 1 rings (SSSR count). The fourth-order valence-electron chi connectivity index (χ4n) is 1.13. The molecule has 8 heteroatoms. The Morgan fingerprint density at radius 2 is 1.89 bits per heavy atom. The van der Waals surface area contributed by atoms with Crippen molar-refractivity contribution in [3.63, 3.8) is 0 Å². The van der Waals surface area contributed by atoms with Crippen molar-refractivity contribution in [1.82, 2.24) is 5.32 Å². The fraction of sp³-hybridized carbons (Fsp3) is 0.200. The first kappa shape index (κ1) is 14.4. The molecule has 0 aliphatic rings. The summed E-state index contributed by atoms with van der Waals surface area (Å²) in [6.45, 7) is -0.427. The number of alkyl halides is 3. The molecule has 0 saturated heterocycles. The second-order valence-corrected chi connectivity index (χ2v) is 4.30. The van der Waals surface area contributed by atoms with Crippen LogP contribution in [-0.2, 0) is 4.79 Å². The summed E-state index contributed by atoms with van der Waals surface area (Å²) in [7, 11) is 0. The second kappa shape index (κ2) is 5.76. The number of nitrogens with one attached hydrogen (secondary N) is 1. The Morgan fingerprint density at radius 1 is 1.28 bits per heavy atom. The molecule has 0 heterocycles. The molecule has 3 N–H and O–H groups in total. The smallest absolute Gasteiger partial charge is 0.368 e. The van der Waals surface area contributed by atoms with E-state index in [0.717, 1.165) is 0 Å². The molecule has 0 saturated carbocycles. The van der Waals surface area contributed by atoms with Crippen molar-refractivity contribution in [1.29, 1.82) is 0 Å². The number of benzene rings is 1. The minimum absolute atomic E-state index is 0.152. The summed E-state index contributed by atoms with van der Waals surface area (Å²) in [5.41, 5.74) is 0.182. The van der Waals surface area contributed by atoms with E-state index in [4.69, 9.17) is 5.73 Å². The van der Waals surface area contributed by atoms with E-state index in [9.17, 15) is 22.8 Å². The molecule has 0 radical (unpaired) electrons. The Morgan fingerprint density at radius 3 is 2.44 bits per heavy atom. The standard InChI is InChI=1S/C10H9F3N2O2S/c11-10(12,13)18-7-4-2-1-3-6(7)9(17)15-5-8(14)16/h1-4H,5H2,(H2,14,16)(H,15,17). The lowest BCUT2D eigenvalue weighted by Crippen LogP contribution is -2.33. The number of thioether (sulfide) groups is 1. The number of rotatable bonds is 4. The molecular weight excluding hydrogens is 269 g/mol. The number of carbonyl (C=O) groups is 2. The highest BCUT2D eigenvalue weighted by Crippen LogP contribution is 2.38. The van der Waals surface area contributed by atoms with Gasteiger partial charge < -0.3 is 11.1 Å². The first-order valence-electron chi connectivity index (χ1n) is 4.71. The summed E-state index contributed by atoms with van der Waals surface area (Å²) >= 11 is -0.387. The van der Waals surface area contributed by atoms with Crippen molar-refractivity contribution in [2.75, 3.05) is 6.54 Å². The third-order valence-corrected chi connectivity index (χ3v) is 2.59. The van der Waals surface area contributed by atoms with Crippen LogP contribution in [0, 0.1) is 0 Å². The lowest BCUT2D eigenvalue weighted by molar-refractivity contribution is -0.117. The summed E-state index contributed by atoms with van der Waals surface area (Å²) in [4.78, 5) is 21.8. The number of primary amides is 1. The van der Waals surface area contributed by atoms with Crippen molar-refractivity contribution in [2.45, 2.75) is 10.4 Å². The lowest BCUT2D eigenvalue weighted by atomic mass is 10.2. The normalized spacial score (nSPS) is 11.1. The van der Waals surface area contributed by atoms with Crippen LogP contribution in [0.1, 0.15) is 10.4 Å². The van der Waals surface area contributed by atoms with E-state index in [1.807, 2.05) is 0 Å². The molecule has 0 bridgehead atoms. The third-order valence-electron chi connectivity index (χ3n) is 1.78. The predicted molar refractivity (Wildman–Crippen MR) is 59.9 cm³/mol. The molecule has 0 unspecified atom stereocenters. The first-order chi connectivity index (χ1) is 8.29. The van der Waals surface area contributed by atoms with Gasteiger partial charge in [0.25, 0.3) is 5.91 Å². The minimum Gasteiger partial charge on any atom is -0.368 e. The van der Waals surface area contributed by atoms with Gasteiger partial charge in [-0.05, 0) is 23.9 Å². The Bertz CT molecular complexity index is 463. The van der Waals surface area contributed by atoms with Crippen molar-refractivity contribution >= 4 is 23.6 Å². The molecule has 0 aliphatic heterocycles. The Balaban J connectivity index is 2.88. The van der Waals surface area contributed by atoms with E-state index in [1.165, 1.54) is 24.3 Å². The minimum atomic E-state index is -4.49. The Kier molecular flexibility index (Phi) is 4.60. The van der Waals surface area contributed by atoms with Crippen LogP contribution in [0.4, 0.5) is 13.2 Å². The van der Waals surface area contributed by atoms with Gasteiger partial charge in [-0.3, -0.25) is 9.59 Å². The molecule has 0 spiro atoms.